The molecule has 0 bridgehead atoms. The van der Waals surface area contributed by atoms with Crippen LogP contribution in [-0.4, -0.2) is 17.6 Å². The molecule has 0 spiro atoms. The van der Waals surface area contributed by atoms with Gasteiger partial charge >= 0.3 is 0 Å². The standard InChI is InChI=1S/C19H20N2O2S/c1-12-6-5-8-15(13(12)2)20-18(22)10-14-11-24-17-9-4-3-7-16(17)21-19(14)23/h3-9,14H,10-11H2,1-2H3,(H,20,22)(H,21,23). The summed E-state index contributed by atoms with van der Waals surface area (Å²) in [6.45, 7) is 3.99. The number of amides is 2. The molecule has 2 aromatic carbocycles. The third kappa shape index (κ3) is 3.62. The molecular formula is C19H20N2O2S. The molecule has 0 saturated heterocycles. The van der Waals surface area contributed by atoms with Crippen LogP contribution in [-0.2, 0) is 9.59 Å². The number of benzene rings is 2. The zero-order valence-corrected chi connectivity index (χ0v) is 14.6. The third-order valence-corrected chi connectivity index (χ3v) is 5.50. The van der Waals surface area contributed by atoms with Gasteiger partial charge in [0.05, 0.1) is 11.6 Å². The van der Waals surface area contributed by atoms with Crippen LogP contribution in [0, 0.1) is 19.8 Å². The smallest absolute Gasteiger partial charge is 0.228 e. The lowest BCUT2D eigenvalue weighted by atomic mass is 10.0. The van der Waals surface area contributed by atoms with E-state index in [1.807, 2.05) is 56.3 Å². The summed E-state index contributed by atoms with van der Waals surface area (Å²) in [5.74, 6) is 0.0368. The molecule has 1 atom stereocenters. The molecule has 0 radical (unpaired) electrons. The quantitative estimate of drug-likeness (QED) is 0.888. The van der Waals surface area contributed by atoms with Crippen LogP contribution in [0.3, 0.4) is 0 Å². The summed E-state index contributed by atoms with van der Waals surface area (Å²) in [6.07, 6.45) is 0.181. The van der Waals surface area contributed by atoms with Crippen LogP contribution >= 0.6 is 11.8 Å². The van der Waals surface area contributed by atoms with Crippen molar-refractivity contribution in [1.82, 2.24) is 0 Å². The number of nitrogens with one attached hydrogen (secondary N) is 2. The third-order valence-electron chi connectivity index (χ3n) is 4.27. The lowest BCUT2D eigenvalue weighted by Crippen LogP contribution is -2.28. The number of anilines is 2. The SMILES string of the molecule is Cc1cccc(NC(=O)CC2CSc3ccccc3NC2=O)c1C. The van der Waals surface area contributed by atoms with Crippen molar-refractivity contribution in [1.29, 1.82) is 0 Å². The van der Waals surface area contributed by atoms with Gasteiger partial charge in [0.2, 0.25) is 11.8 Å². The number of carbonyl (C=O) groups excluding carboxylic acids is 2. The first-order valence-electron chi connectivity index (χ1n) is 7.93. The Labute approximate surface area is 146 Å². The highest BCUT2D eigenvalue weighted by Gasteiger charge is 2.26. The molecule has 2 amide bonds. The van der Waals surface area contributed by atoms with Crippen LogP contribution in [0.25, 0.3) is 0 Å². The summed E-state index contributed by atoms with van der Waals surface area (Å²) in [5.41, 5.74) is 3.82. The van der Waals surface area contributed by atoms with Crippen LogP contribution < -0.4 is 10.6 Å². The fourth-order valence-corrected chi connectivity index (χ4v) is 3.76. The maximum Gasteiger partial charge on any atom is 0.228 e. The van der Waals surface area contributed by atoms with Gasteiger partial charge in [-0.2, -0.15) is 0 Å². The van der Waals surface area contributed by atoms with Crippen molar-refractivity contribution in [2.24, 2.45) is 5.92 Å². The molecule has 1 heterocycles. The number of para-hydroxylation sites is 1. The van der Waals surface area contributed by atoms with Gasteiger partial charge in [-0.25, -0.2) is 0 Å². The summed E-state index contributed by atoms with van der Waals surface area (Å²) >= 11 is 1.61. The number of fused-ring (bicyclic) bond motifs is 1. The Kier molecular flexibility index (Phi) is 4.90. The highest BCUT2D eigenvalue weighted by atomic mass is 32.2. The van der Waals surface area contributed by atoms with E-state index in [-0.39, 0.29) is 24.2 Å². The summed E-state index contributed by atoms with van der Waals surface area (Å²) in [6, 6.07) is 13.5. The number of hydrogen-bond acceptors (Lipinski definition) is 3. The molecule has 124 valence electrons. The van der Waals surface area contributed by atoms with E-state index in [1.54, 1.807) is 11.8 Å². The fourth-order valence-electron chi connectivity index (χ4n) is 2.66. The van der Waals surface area contributed by atoms with Gasteiger partial charge in [-0.3, -0.25) is 9.59 Å². The largest absolute Gasteiger partial charge is 0.326 e. The molecule has 2 aromatic rings. The molecule has 1 unspecified atom stereocenters. The zero-order valence-electron chi connectivity index (χ0n) is 13.8. The van der Waals surface area contributed by atoms with E-state index in [4.69, 9.17) is 0 Å². The van der Waals surface area contributed by atoms with Crippen molar-refractivity contribution in [2.45, 2.75) is 25.2 Å². The molecule has 1 aliphatic rings. The van der Waals surface area contributed by atoms with Gasteiger partial charge in [0, 0.05) is 22.8 Å². The lowest BCUT2D eigenvalue weighted by molar-refractivity contribution is -0.124. The Morgan fingerprint density at radius 1 is 1.21 bits per heavy atom. The molecule has 2 N–H and O–H groups in total. The van der Waals surface area contributed by atoms with E-state index in [0.717, 1.165) is 27.4 Å². The first-order valence-corrected chi connectivity index (χ1v) is 8.92. The van der Waals surface area contributed by atoms with Gasteiger partial charge in [-0.1, -0.05) is 24.3 Å². The number of aryl methyl sites for hydroxylation is 1. The lowest BCUT2D eigenvalue weighted by Gasteiger charge is -2.14. The van der Waals surface area contributed by atoms with Crippen molar-refractivity contribution >= 4 is 35.0 Å². The molecule has 0 fully saturated rings. The summed E-state index contributed by atoms with van der Waals surface area (Å²) < 4.78 is 0. The van der Waals surface area contributed by atoms with Crippen molar-refractivity contribution in [2.75, 3.05) is 16.4 Å². The molecule has 0 aliphatic carbocycles. The number of hydrogen-bond donors (Lipinski definition) is 2. The Morgan fingerprint density at radius 3 is 2.83 bits per heavy atom. The maximum absolute atomic E-state index is 12.4. The molecular weight excluding hydrogens is 320 g/mol. The van der Waals surface area contributed by atoms with Gasteiger partial charge in [-0.15, -0.1) is 11.8 Å². The van der Waals surface area contributed by atoms with Crippen LogP contribution in [0.2, 0.25) is 0 Å². The van der Waals surface area contributed by atoms with E-state index >= 15 is 0 Å². The first-order chi connectivity index (χ1) is 11.5. The Hall–Kier alpha value is -2.27. The topological polar surface area (TPSA) is 58.2 Å². The fraction of sp³-hybridized carbons (Fsp3) is 0.263. The van der Waals surface area contributed by atoms with Gasteiger partial charge in [0.15, 0.2) is 0 Å². The number of rotatable bonds is 3. The van der Waals surface area contributed by atoms with E-state index < -0.39 is 0 Å². The minimum absolute atomic E-state index is 0.0939. The van der Waals surface area contributed by atoms with E-state index in [9.17, 15) is 9.59 Å². The normalized spacial score (nSPS) is 16.8. The van der Waals surface area contributed by atoms with E-state index in [0.29, 0.717) is 5.75 Å². The van der Waals surface area contributed by atoms with Crippen LogP contribution in [0.15, 0.2) is 47.4 Å². The van der Waals surface area contributed by atoms with Crippen LogP contribution in [0.4, 0.5) is 11.4 Å². The van der Waals surface area contributed by atoms with Crippen molar-refractivity contribution in [3.8, 4) is 0 Å². The molecule has 24 heavy (non-hydrogen) atoms. The summed E-state index contributed by atoms with van der Waals surface area (Å²) in [5, 5.41) is 5.85. The Morgan fingerprint density at radius 2 is 2.00 bits per heavy atom. The predicted molar refractivity (Wildman–Crippen MR) is 98.4 cm³/mol. The average Bonchev–Trinajstić information content (AvgIpc) is 2.71. The highest BCUT2D eigenvalue weighted by molar-refractivity contribution is 7.99. The molecule has 0 saturated carbocycles. The number of thioether (sulfide) groups is 1. The second-order valence-corrected chi connectivity index (χ2v) is 7.05. The highest BCUT2D eigenvalue weighted by Crippen LogP contribution is 2.33. The average molecular weight is 340 g/mol. The Bertz CT molecular complexity index is 789. The maximum atomic E-state index is 12.4. The van der Waals surface area contributed by atoms with Gasteiger partial charge in [0.1, 0.15) is 0 Å². The first kappa shape index (κ1) is 16.6. The second kappa shape index (κ2) is 7.09. The van der Waals surface area contributed by atoms with E-state index in [2.05, 4.69) is 10.6 Å². The van der Waals surface area contributed by atoms with E-state index in [1.165, 1.54) is 0 Å². The molecule has 4 nitrogen and oxygen atoms in total. The molecule has 1 aliphatic heterocycles. The summed E-state index contributed by atoms with van der Waals surface area (Å²) in [4.78, 5) is 25.8. The van der Waals surface area contributed by atoms with Crippen LogP contribution in [0.5, 0.6) is 0 Å². The van der Waals surface area contributed by atoms with Crippen molar-refractivity contribution in [3.63, 3.8) is 0 Å². The summed E-state index contributed by atoms with van der Waals surface area (Å²) in [7, 11) is 0. The Balaban J connectivity index is 1.67. The minimum Gasteiger partial charge on any atom is -0.326 e. The van der Waals surface area contributed by atoms with Crippen molar-refractivity contribution in [3.05, 3.63) is 53.6 Å². The number of carbonyl (C=O) groups is 2. The minimum atomic E-state index is -0.340. The molecule has 3 rings (SSSR count). The van der Waals surface area contributed by atoms with Gasteiger partial charge in [0.25, 0.3) is 0 Å². The second-order valence-electron chi connectivity index (χ2n) is 5.99. The molecule has 0 aromatic heterocycles. The monoisotopic (exact) mass is 340 g/mol. The zero-order chi connectivity index (χ0) is 17.1. The van der Waals surface area contributed by atoms with Crippen molar-refractivity contribution < 1.29 is 9.59 Å². The van der Waals surface area contributed by atoms with Crippen LogP contribution in [0.1, 0.15) is 17.5 Å². The van der Waals surface area contributed by atoms with Gasteiger partial charge in [-0.05, 0) is 43.2 Å². The predicted octanol–water partition coefficient (Wildman–Crippen LogP) is 3.99. The molecule has 5 heteroatoms. The van der Waals surface area contributed by atoms with Gasteiger partial charge < -0.3 is 10.6 Å².